The zero-order valence-electron chi connectivity index (χ0n) is 17.8. The number of aliphatic hydroxyl groups is 2. The highest BCUT2D eigenvalue weighted by atomic mass is 16.5. The molecule has 1 aliphatic rings. The van der Waals surface area contributed by atoms with Crippen LogP contribution in [-0.4, -0.2) is 41.6 Å². The average molecular weight is 378 g/mol. The lowest BCUT2D eigenvalue weighted by molar-refractivity contribution is 0.0901. The fourth-order valence-electron chi connectivity index (χ4n) is 4.26. The van der Waals surface area contributed by atoms with E-state index in [2.05, 4.69) is 52.1 Å². The molecule has 0 saturated heterocycles. The Hall–Kier alpha value is -1.10. The Balaban J connectivity index is 1.76. The van der Waals surface area contributed by atoms with E-state index in [1.807, 2.05) is 12.1 Å². The second-order valence-corrected chi connectivity index (χ2v) is 10.0. The molecule has 0 spiro atoms. The first-order valence-corrected chi connectivity index (χ1v) is 10.4. The van der Waals surface area contributed by atoms with Crippen LogP contribution in [-0.2, 0) is 5.41 Å². The lowest BCUT2D eigenvalue weighted by atomic mass is 9.72. The van der Waals surface area contributed by atoms with Gasteiger partial charge in [0, 0.05) is 12.6 Å². The second kappa shape index (κ2) is 9.40. The van der Waals surface area contributed by atoms with E-state index in [0.717, 1.165) is 37.9 Å². The monoisotopic (exact) mass is 377 g/mol. The number of benzene rings is 1. The molecule has 27 heavy (non-hydrogen) atoms. The Labute approximate surface area is 165 Å². The molecule has 1 unspecified atom stereocenters. The zero-order chi connectivity index (χ0) is 20.1. The Morgan fingerprint density at radius 1 is 1.04 bits per heavy atom. The summed E-state index contributed by atoms with van der Waals surface area (Å²) >= 11 is 0. The van der Waals surface area contributed by atoms with Crippen molar-refractivity contribution in [2.75, 3.05) is 13.2 Å². The lowest BCUT2D eigenvalue weighted by Gasteiger charge is -2.33. The molecular formula is C23H39NO3. The maximum Gasteiger partial charge on any atom is 0.119 e. The quantitative estimate of drug-likeness (QED) is 0.640. The molecule has 0 aliphatic heterocycles. The largest absolute Gasteiger partial charge is 0.491 e. The van der Waals surface area contributed by atoms with Gasteiger partial charge in [-0.1, -0.05) is 46.8 Å². The summed E-state index contributed by atoms with van der Waals surface area (Å²) in [6, 6.07) is 8.68. The molecule has 1 aromatic carbocycles. The number of hydrogen-bond donors (Lipinski definition) is 3. The van der Waals surface area contributed by atoms with Crippen LogP contribution in [0.15, 0.2) is 24.3 Å². The molecule has 1 aliphatic carbocycles. The third-order valence-electron chi connectivity index (χ3n) is 5.39. The fraction of sp³-hybridized carbons (Fsp3) is 0.739. The maximum absolute atomic E-state index is 10.2. The minimum absolute atomic E-state index is 0.119. The number of nitrogens with one attached hydrogen (secondary N) is 1. The predicted molar refractivity (Wildman–Crippen MR) is 111 cm³/mol. The Kier molecular flexibility index (Phi) is 7.73. The van der Waals surface area contributed by atoms with Gasteiger partial charge in [0.1, 0.15) is 18.5 Å². The first-order chi connectivity index (χ1) is 12.5. The van der Waals surface area contributed by atoms with Crippen LogP contribution < -0.4 is 10.1 Å². The smallest absolute Gasteiger partial charge is 0.119 e. The molecule has 1 saturated carbocycles. The van der Waals surface area contributed by atoms with Gasteiger partial charge in [0.25, 0.3) is 0 Å². The standard InChI is InChI=1S/C23H39NO3/c1-22(2,3)16-23(4,5)17-6-12-21(13-7-17)27-15-20(26)14-24-18-8-10-19(25)11-9-18/h6-7,12-13,18-20,24-26H,8-11,14-16H2,1-5H3. The Bertz CT molecular complexity index is 554. The molecule has 0 amide bonds. The summed E-state index contributed by atoms with van der Waals surface area (Å²) in [7, 11) is 0. The van der Waals surface area contributed by atoms with E-state index in [9.17, 15) is 10.2 Å². The van der Waals surface area contributed by atoms with Crippen LogP contribution >= 0.6 is 0 Å². The number of ether oxygens (including phenoxy) is 1. The van der Waals surface area contributed by atoms with Gasteiger partial charge < -0.3 is 20.3 Å². The summed E-state index contributed by atoms with van der Waals surface area (Å²) < 4.78 is 5.76. The first kappa shape index (κ1) is 22.2. The topological polar surface area (TPSA) is 61.7 Å². The fourth-order valence-corrected chi connectivity index (χ4v) is 4.26. The van der Waals surface area contributed by atoms with Crippen molar-refractivity contribution in [2.45, 2.75) is 90.4 Å². The van der Waals surface area contributed by atoms with Crippen molar-refractivity contribution >= 4 is 0 Å². The van der Waals surface area contributed by atoms with Crippen LogP contribution in [0, 0.1) is 5.41 Å². The summed E-state index contributed by atoms with van der Waals surface area (Å²) in [5, 5.41) is 23.1. The van der Waals surface area contributed by atoms with E-state index >= 15 is 0 Å². The molecule has 0 heterocycles. The van der Waals surface area contributed by atoms with E-state index in [-0.39, 0.29) is 23.5 Å². The van der Waals surface area contributed by atoms with Gasteiger partial charge in [0.2, 0.25) is 0 Å². The van der Waals surface area contributed by atoms with E-state index in [4.69, 9.17) is 4.74 Å². The van der Waals surface area contributed by atoms with Crippen LogP contribution in [0.4, 0.5) is 0 Å². The summed E-state index contributed by atoms with van der Waals surface area (Å²) in [6.45, 7) is 12.2. The Morgan fingerprint density at radius 3 is 2.19 bits per heavy atom. The highest BCUT2D eigenvalue weighted by Crippen LogP contribution is 2.36. The van der Waals surface area contributed by atoms with Crippen LogP contribution in [0.2, 0.25) is 0 Å². The van der Waals surface area contributed by atoms with Gasteiger partial charge in [-0.15, -0.1) is 0 Å². The molecular weight excluding hydrogens is 338 g/mol. The molecule has 0 aromatic heterocycles. The van der Waals surface area contributed by atoms with Crippen LogP contribution in [0.1, 0.15) is 72.3 Å². The molecule has 4 heteroatoms. The minimum atomic E-state index is -0.533. The van der Waals surface area contributed by atoms with Crippen molar-refractivity contribution in [3.8, 4) is 5.75 Å². The SMILES string of the molecule is CC(C)(C)CC(C)(C)c1ccc(OCC(O)CNC2CCC(O)CC2)cc1. The molecule has 1 aromatic rings. The molecule has 154 valence electrons. The zero-order valence-corrected chi connectivity index (χ0v) is 17.8. The summed E-state index contributed by atoms with van der Waals surface area (Å²) in [6.07, 6.45) is 4.08. The normalized spacial score (nSPS) is 22.5. The molecule has 0 bridgehead atoms. The van der Waals surface area contributed by atoms with E-state index in [1.54, 1.807) is 0 Å². The molecule has 4 nitrogen and oxygen atoms in total. The van der Waals surface area contributed by atoms with Crippen molar-refractivity contribution in [1.29, 1.82) is 0 Å². The molecule has 1 fully saturated rings. The number of aliphatic hydroxyl groups excluding tert-OH is 2. The van der Waals surface area contributed by atoms with E-state index < -0.39 is 6.10 Å². The molecule has 2 rings (SSSR count). The van der Waals surface area contributed by atoms with Gasteiger partial charge in [0.05, 0.1) is 6.10 Å². The maximum atomic E-state index is 10.2. The first-order valence-electron chi connectivity index (χ1n) is 10.4. The summed E-state index contributed by atoms with van der Waals surface area (Å²) in [4.78, 5) is 0. The van der Waals surface area contributed by atoms with E-state index in [0.29, 0.717) is 12.6 Å². The van der Waals surface area contributed by atoms with Crippen LogP contribution in [0.25, 0.3) is 0 Å². The van der Waals surface area contributed by atoms with Gasteiger partial charge in [-0.25, -0.2) is 0 Å². The number of rotatable bonds is 8. The van der Waals surface area contributed by atoms with Crippen LogP contribution in [0.3, 0.4) is 0 Å². The summed E-state index contributed by atoms with van der Waals surface area (Å²) in [5.74, 6) is 0.796. The van der Waals surface area contributed by atoms with Crippen molar-refractivity contribution in [2.24, 2.45) is 5.41 Å². The highest BCUT2D eigenvalue weighted by Gasteiger charge is 2.27. The molecule has 3 N–H and O–H groups in total. The van der Waals surface area contributed by atoms with E-state index in [1.165, 1.54) is 5.56 Å². The van der Waals surface area contributed by atoms with Crippen molar-refractivity contribution in [1.82, 2.24) is 5.32 Å². The molecule has 0 radical (unpaired) electrons. The van der Waals surface area contributed by atoms with Gasteiger partial charge in [-0.05, 0) is 60.6 Å². The third-order valence-corrected chi connectivity index (χ3v) is 5.39. The number of hydrogen-bond acceptors (Lipinski definition) is 4. The van der Waals surface area contributed by atoms with Crippen molar-refractivity contribution in [3.63, 3.8) is 0 Å². The minimum Gasteiger partial charge on any atom is -0.491 e. The third kappa shape index (κ3) is 7.81. The van der Waals surface area contributed by atoms with Gasteiger partial charge >= 0.3 is 0 Å². The van der Waals surface area contributed by atoms with Crippen molar-refractivity contribution < 1.29 is 14.9 Å². The van der Waals surface area contributed by atoms with Crippen molar-refractivity contribution in [3.05, 3.63) is 29.8 Å². The van der Waals surface area contributed by atoms with Crippen LogP contribution in [0.5, 0.6) is 5.75 Å². The van der Waals surface area contributed by atoms with Gasteiger partial charge in [-0.3, -0.25) is 0 Å². The van der Waals surface area contributed by atoms with Gasteiger partial charge in [0.15, 0.2) is 0 Å². The second-order valence-electron chi connectivity index (χ2n) is 10.0. The molecule has 1 atom stereocenters. The Morgan fingerprint density at radius 2 is 1.63 bits per heavy atom. The average Bonchev–Trinajstić information content (AvgIpc) is 2.58. The van der Waals surface area contributed by atoms with Gasteiger partial charge in [-0.2, -0.15) is 0 Å². The highest BCUT2D eigenvalue weighted by molar-refractivity contribution is 5.31. The predicted octanol–water partition coefficient (Wildman–Crippen LogP) is 4.03. The lowest BCUT2D eigenvalue weighted by Crippen LogP contribution is -2.40. The summed E-state index contributed by atoms with van der Waals surface area (Å²) in [5.41, 5.74) is 1.71.